The van der Waals surface area contributed by atoms with Crippen molar-refractivity contribution in [2.45, 2.75) is 45.6 Å². The van der Waals surface area contributed by atoms with Gasteiger partial charge in [0, 0.05) is 23.4 Å². The van der Waals surface area contributed by atoms with E-state index in [1.165, 1.54) is 4.52 Å². The average Bonchev–Trinajstić information content (AvgIpc) is 3.34. The SMILES string of the molecule is CCCCNC(=O)Cn1c2c(c(=O)n3nc(-c4ccccc4)nc13)CCC2. The van der Waals surface area contributed by atoms with Crippen LogP contribution in [0.3, 0.4) is 0 Å². The number of amides is 1. The van der Waals surface area contributed by atoms with Crippen LogP contribution in [-0.2, 0) is 24.2 Å². The predicted molar refractivity (Wildman–Crippen MR) is 103 cm³/mol. The third-order valence-electron chi connectivity index (χ3n) is 4.98. The van der Waals surface area contributed by atoms with E-state index in [1.807, 2.05) is 34.9 Å². The standard InChI is InChI=1S/C20H23N5O2/c1-2-3-12-21-17(26)13-24-16-11-7-10-15(16)19(27)25-20(24)22-18(23-25)14-8-5-4-6-9-14/h4-6,8-9H,2-3,7,10-13H2,1H3,(H,21,26). The molecular formula is C20H23N5O2. The quantitative estimate of drug-likeness (QED) is 0.677. The van der Waals surface area contributed by atoms with Crippen LogP contribution in [0, 0.1) is 0 Å². The molecule has 0 bridgehead atoms. The molecule has 140 valence electrons. The molecule has 2 heterocycles. The van der Waals surface area contributed by atoms with Gasteiger partial charge in [0.15, 0.2) is 5.82 Å². The molecule has 3 aromatic rings. The topological polar surface area (TPSA) is 81.3 Å². The first-order valence-corrected chi connectivity index (χ1v) is 9.52. The second-order valence-electron chi connectivity index (χ2n) is 6.89. The molecule has 1 amide bonds. The molecule has 0 atom stereocenters. The number of nitrogens with one attached hydrogen (secondary N) is 1. The lowest BCUT2D eigenvalue weighted by Gasteiger charge is -2.13. The summed E-state index contributed by atoms with van der Waals surface area (Å²) >= 11 is 0. The minimum Gasteiger partial charge on any atom is -0.355 e. The Bertz CT molecular complexity index is 1040. The van der Waals surface area contributed by atoms with Gasteiger partial charge in [0.25, 0.3) is 5.56 Å². The zero-order valence-electron chi connectivity index (χ0n) is 15.4. The Kier molecular flexibility index (Phi) is 4.75. The molecule has 2 aromatic heterocycles. The first kappa shape index (κ1) is 17.5. The Balaban J connectivity index is 1.79. The number of carbonyl (C=O) groups excluding carboxylic acids is 1. The maximum Gasteiger partial charge on any atom is 0.279 e. The van der Waals surface area contributed by atoms with Crippen LogP contribution >= 0.6 is 0 Å². The molecule has 7 nitrogen and oxygen atoms in total. The van der Waals surface area contributed by atoms with Crippen molar-refractivity contribution in [2.75, 3.05) is 6.54 Å². The Labute approximate surface area is 157 Å². The van der Waals surface area contributed by atoms with Crippen LogP contribution in [0.1, 0.15) is 37.4 Å². The van der Waals surface area contributed by atoms with Crippen LogP contribution in [0.4, 0.5) is 0 Å². The normalized spacial score (nSPS) is 13.1. The summed E-state index contributed by atoms with van der Waals surface area (Å²) in [5, 5.41) is 7.39. The van der Waals surface area contributed by atoms with E-state index >= 15 is 0 Å². The van der Waals surface area contributed by atoms with Crippen LogP contribution in [0.25, 0.3) is 17.2 Å². The van der Waals surface area contributed by atoms with E-state index in [1.54, 1.807) is 0 Å². The van der Waals surface area contributed by atoms with Crippen molar-refractivity contribution in [3.05, 3.63) is 51.9 Å². The number of fused-ring (bicyclic) bond motifs is 2. The van der Waals surface area contributed by atoms with E-state index in [-0.39, 0.29) is 18.0 Å². The van der Waals surface area contributed by atoms with Gasteiger partial charge in [0.05, 0.1) is 0 Å². The summed E-state index contributed by atoms with van der Waals surface area (Å²) in [5.74, 6) is 0.869. The Morgan fingerprint density at radius 1 is 1.22 bits per heavy atom. The molecule has 0 spiro atoms. The molecule has 1 aliphatic carbocycles. The molecule has 7 heteroatoms. The van der Waals surface area contributed by atoms with Gasteiger partial charge in [-0.15, -0.1) is 5.10 Å². The first-order chi connectivity index (χ1) is 13.2. The molecule has 1 aromatic carbocycles. The van der Waals surface area contributed by atoms with Crippen molar-refractivity contribution in [3.8, 4) is 11.4 Å². The van der Waals surface area contributed by atoms with Crippen molar-refractivity contribution in [1.29, 1.82) is 0 Å². The fourth-order valence-electron chi connectivity index (χ4n) is 3.60. The number of aromatic nitrogens is 4. The summed E-state index contributed by atoms with van der Waals surface area (Å²) in [4.78, 5) is 29.9. The number of hydrogen-bond acceptors (Lipinski definition) is 4. The molecule has 0 aliphatic heterocycles. The molecule has 1 aliphatic rings. The van der Waals surface area contributed by atoms with Crippen molar-refractivity contribution in [1.82, 2.24) is 24.5 Å². The van der Waals surface area contributed by atoms with Crippen molar-refractivity contribution in [2.24, 2.45) is 0 Å². The maximum absolute atomic E-state index is 12.9. The van der Waals surface area contributed by atoms with E-state index < -0.39 is 0 Å². The van der Waals surface area contributed by atoms with E-state index in [0.29, 0.717) is 18.1 Å². The summed E-state index contributed by atoms with van der Waals surface area (Å²) in [7, 11) is 0. The summed E-state index contributed by atoms with van der Waals surface area (Å²) in [6, 6.07) is 9.57. The van der Waals surface area contributed by atoms with Gasteiger partial charge in [-0.3, -0.25) is 9.59 Å². The fraction of sp³-hybridized carbons (Fsp3) is 0.400. The number of rotatable bonds is 6. The van der Waals surface area contributed by atoms with Gasteiger partial charge in [0.1, 0.15) is 6.54 Å². The number of nitrogens with zero attached hydrogens (tertiary/aromatic N) is 4. The minimum absolute atomic E-state index is 0.0626. The van der Waals surface area contributed by atoms with E-state index in [4.69, 9.17) is 0 Å². The molecule has 4 rings (SSSR count). The maximum atomic E-state index is 12.9. The largest absolute Gasteiger partial charge is 0.355 e. The van der Waals surface area contributed by atoms with Gasteiger partial charge in [-0.05, 0) is 25.7 Å². The molecule has 0 radical (unpaired) electrons. The highest BCUT2D eigenvalue weighted by atomic mass is 16.2. The zero-order valence-corrected chi connectivity index (χ0v) is 15.4. The average molecular weight is 365 g/mol. The van der Waals surface area contributed by atoms with E-state index in [2.05, 4.69) is 22.3 Å². The summed E-state index contributed by atoms with van der Waals surface area (Å²) < 4.78 is 3.22. The molecule has 0 unspecified atom stereocenters. The highest BCUT2D eigenvalue weighted by Crippen LogP contribution is 2.22. The number of benzene rings is 1. The van der Waals surface area contributed by atoms with Crippen LogP contribution in [0.2, 0.25) is 0 Å². The molecule has 27 heavy (non-hydrogen) atoms. The van der Waals surface area contributed by atoms with Crippen LogP contribution < -0.4 is 10.9 Å². The zero-order chi connectivity index (χ0) is 18.8. The van der Waals surface area contributed by atoms with Crippen LogP contribution in [0.15, 0.2) is 35.1 Å². The van der Waals surface area contributed by atoms with E-state index in [9.17, 15) is 9.59 Å². The van der Waals surface area contributed by atoms with Gasteiger partial charge in [-0.25, -0.2) is 0 Å². The molecule has 0 saturated carbocycles. The Morgan fingerprint density at radius 2 is 2.04 bits per heavy atom. The van der Waals surface area contributed by atoms with Crippen molar-refractivity contribution >= 4 is 11.7 Å². The Morgan fingerprint density at radius 3 is 2.81 bits per heavy atom. The van der Waals surface area contributed by atoms with Crippen LogP contribution in [0.5, 0.6) is 0 Å². The molecule has 0 saturated heterocycles. The van der Waals surface area contributed by atoms with Gasteiger partial charge in [-0.2, -0.15) is 9.50 Å². The monoisotopic (exact) mass is 365 g/mol. The van der Waals surface area contributed by atoms with Crippen molar-refractivity contribution in [3.63, 3.8) is 0 Å². The number of unbranched alkanes of at least 4 members (excludes halogenated alkanes) is 1. The lowest BCUT2D eigenvalue weighted by Crippen LogP contribution is -2.32. The van der Waals surface area contributed by atoms with Gasteiger partial charge >= 0.3 is 0 Å². The first-order valence-electron chi connectivity index (χ1n) is 9.52. The minimum atomic E-state index is -0.116. The van der Waals surface area contributed by atoms with Gasteiger partial charge in [0.2, 0.25) is 11.7 Å². The summed E-state index contributed by atoms with van der Waals surface area (Å²) in [6.07, 6.45) is 4.41. The highest BCUT2D eigenvalue weighted by Gasteiger charge is 2.24. The van der Waals surface area contributed by atoms with Gasteiger partial charge in [-0.1, -0.05) is 43.7 Å². The third-order valence-corrected chi connectivity index (χ3v) is 4.98. The van der Waals surface area contributed by atoms with Crippen molar-refractivity contribution < 1.29 is 4.79 Å². The Hall–Kier alpha value is -2.96. The molecule has 0 fully saturated rings. The summed E-state index contributed by atoms with van der Waals surface area (Å²) in [6.45, 7) is 2.91. The number of carbonyl (C=O) groups is 1. The lowest BCUT2D eigenvalue weighted by molar-refractivity contribution is -0.121. The highest BCUT2D eigenvalue weighted by molar-refractivity contribution is 5.76. The lowest BCUT2D eigenvalue weighted by atomic mass is 10.2. The van der Waals surface area contributed by atoms with Gasteiger partial charge < -0.3 is 9.88 Å². The molecule has 1 N–H and O–H groups in total. The van der Waals surface area contributed by atoms with Crippen LogP contribution in [-0.4, -0.2) is 31.6 Å². The number of hydrogen-bond donors (Lipinski definition) is 1. The van der Waals surface area contributed by atoms with E-state index in [0.717, 1.165) is 48.9 Å². The fourth-order valence-corrected chi connectivity index (χ4v) is 3.60. The smallest absolute Gasteiger partial charge is 0.279 e. The predicted octanol–water partition coefficient (Wildman–Crippen LogP) is 1.96. The second kappa shape index (κ2) is 7.34. The molecular weight excluding hydrogens is 342 g/mol. The third kappa shape index (κ3) is 3.25. The second-order valence-corrected chi connectivity index (χ2v) is 6.89. The summed E-state index contributed by atoms with van der Waals surface area (Å²) in [5.41, 5.74) is 2.41.